The van der Waals surface area contributed by atoms with Gasteiger partial charge in [-0.1, -0.05) is 29.8 Å². The maximum atomic E-state index is 12.7. The Hall–Kier alpha value is -2.49. The molecule has 0 bridgehead atoms. The smallest absolute Gasteiger partial charge is 0.261 e. The molecule has 3 rings (SSSR count). The fourth-order valence-electron chi connectivity index (χ4n) is 3.34. The third-order valence-electron chi connectivity index (χ3n) is 4.61. The van der Waals surface area contributed by atoms with Gasteiger partial charge in [-0.25, -0.2) is 0 Å². The van der Waals surface area contributed by atoms with Crippen molar-refractivity contribution in [1.29, 1.82) is 0 Å². The number of amides is 1. The van der Waals surface area contributed by atoms with Crippen molar-refractivity contribution in [2.75, 3.05) is 0 Å². The summed E-state index contributed by atoms with van der Waals surface area (Å²) >= 11 is 0. The number of rotatable bonds is 4. The first-order chi connectivity index (χ1) is 12.2. The molecule has 1 aliphatic rings. The molecule has 138 valence electrons. The molecule has 1 heterocycles. The third-order valence-corrected chi connectivity index (χ3v) is 4.61. The maximum Gasteiger partial charge on any atom is 0.261 e. The van der Waals surface area contributed by atoms with Gasteiger partial charge in [0.25, 0.3) is 5.91 Å². The molecule has 0 aliphatic carbocycles. The highest BCUT2D eigenvalue weighted by Crippen LogP contribution is 2.39. The van der Waals surface area contributed by atoms with Crippen molar-refractivity contribution >= 4 is 5.91 Å². The standard InChI is InChI=1S/C22H27NO3/c1-14-7-6-8-17(11-14)25-16(3)21(24)23-19-13-22(4,5)26-20-10-9-15(2)12-18(19)20/h6-12,16,19H,13H2,1-5H3,(H,23,24)/t16-,19-/m1/s1. The van der Waals surface area contributed by atoms with Crippen LogP contribution in [0.1, 0.15) is 49.9 Å². The van der Waals surface area contributed by atoms with E-state index in [4.69, 9.17) is 9.47 Å². The van der Waals surface area contributed by atoms with Gasteiger partial charge in [0.05, 0.1) is 6.04 Å². The summed E-state index contributed by atoms with van der Waals surface area (Å²) in [5, 5.41) is 3.15. The first-order valence-electron chi connectivity index (χ1n) is 9.07. The van der Waals surface area contributed by atoms with Crippen LogP contribution in [0.5, 0.6) is 11.5 Å². The average Bonchev–Trinajstić information content (AvgIpc) is 2.54. The van der Waals surface area contributed by atoms with Crippen LogP contribution in [0, 0.1) is 13.8 Å². The summed E-state index contributed by atoms with van der Waals surface area (Å²) in [5.41, 5.74) is 2.95. The summed E-state index contributed by atoms with van der Waals surface area (Å²) in [6.07, 6.45) is 0.142. The lowest BCUT2D eigenvalue weighted by Gasteiger charge is -2.38. The van der Waals surface area contributed by atoms with Gasteiger partial charge in [-0.3, -0.25) is 4.79 Å². The van der Waals surface area contributed by atoms with Gasteiger partial charge in [-0.15, -0.1) is 0 Å². The highest BCUT2D eigenvalue weighted by Gasteiger charge is 2.35. The maximum absolute atomic E-state index is 12.7. The van der Waals surface area contributed by atoms with Crippen molar-refractivity contribution in [3.8, 4) is 11.5 Å². The first kappa shape index (κ1) is 18.3. The van der Waals surface area contributed by atoms with Crippen LogP contribution in [0.25, 0.3) is 0 Å². The molecule has 26 heavy (non-hydrogen) atoms. The Morgan fingerprint density at radius 1 is 1.19 bits per heavy atom. The molecule has 0 saturated heterocycles. The van der Waals surface area contributed by atoms with E-state index in [-0.39, 0.29) is 17.6 Å². The summed E-state index contributed by atoms with van der Waals surface area (Å²) in [6.45, 7) is 9.91. The number of aryl methyl sites for hydroxylation is 2. The molecule has 2 aromatic carbocycles. The lowest BCUT2D eigenvalue weighted by atomic mass is 9.89. The minimum atomic E-state index is -0.573. The zero-order valence-corrected chi connectivity index (χ0v) is 16.1. The van der Waals surface area contributed by atoms with E-state index in [0.717, 1.165) is 22.4 Å². The van der Waals surface area contributed by atoms with Crippen LogP contribution in [0.15, 0.2) is 42.5 Å². The monoisotopic (exact) mass is 353 g/mol. The summed E-state index contributed by atoms with van der Waals surface area (Å²) in [6, 6.07) is 13.7. The van der Waals surface area contributed by atoms with Gasteiger partial charge in [0.1, 0.15) is 17.1 Å². The van der Waals surface area contributed by atoms with E-state index in [9.17, 15) is 4.79 Å². The molecule has 2 atom stereocenters. The van der Waals surface area contributed by atoms with Gasteiger partial charge >= 0.3 is 0 Å². The predicted octanol–water partition coefficient (Wildman–Crippen LogP) is 4.49. The molecule has 1 N–H and O–H groups in total. The van der Waals surface area contributed by atoms with Gasteiger partial charge < -0.3 is 14.8 Å². The van der Waals surface area contributed by atoms with Crippen LogP contribution in [0.4, 0.5) is 0 Å². The van der Waals surface area contributed by atoms with E-state index in [2.05, 4.69) is 11.4 Å². The van der Waals surface area contributed by atoms with Gasteiger partial charge in [0.15, 0.2) is 6.10 Å². The van der Waals surface area contributed by atoms with Crippen molar-refractivity contribution in [1.82, 2.24) is 5.32 Å². The molecular formula is C22H27NO3. The lowest BCUT2D eigenvalue weighted by molar-refractivity contribution is -0.128. The minimum Gasteiger partial charge on any atom is -0.487 e. The Balaban J connectivity index is 1.75. The Kier molecular flexibility index (Phi) is 4.94. The second-order valence-corrected chi connectivity index (χ2v) is 7.74. The van der Waals surface area contributed by atoms with Gasteiger partial charge in [-0.05, 0) is 58.4 Å². The molecule has 0 fully saturated rings. The molecule has 1 amide bonds. The van der Waals surface area contributed by atoms with E-state index in [1.807, 2.05) is 64.1 Å². The zero-order valence-electron chi connectivity index (χ0n) is 16.1. The normalized spacial score (nSPS) is 19.0. The largest absolute Gasteiger partial charge is 0.487 e. The van der Waals surface area contributed by atoms with Crippen molar-refractivity contribution in [3.05, 3.63) is 59.2 Å². The Morgan fingerprint density at radius 2 is 1.92 bits per heavy atom. The molecule has 2 aromatic rings. The zero-order chi connectivity index (χ0) is 18.9. The molecular weight excluding hydrogens is 326 g/mol. The van der Waals surface area contributed by atoms with Crippen molar-refractivity contribution in [3.63, 3.8) is 0 Å². The van der Waals surface area contributed by atoms with Crippen molar-refractivity contribution in [2.45, 2.75) is 58.8 Å². The molecule has 0 unspecified atom stereocenters. The van der Waals surface area contributed by atoms with Crippen LogP contribution in [0.3, 0.4) is 0 Å². The summed E-state index contributed by atoms with van der Waals surface area (Å²) in [7, 11) is 0. The van der Waals surface area contributed by atoms with E-state index < -0.39 is 6.10 Å². The molecule has 4 heteroatoms. The number of hydrogen-bond donors (Lipinski definition) is 1. The topological polar surface area (TPSA) is 47.6 Å². The van der Waals surface area contributed by atoms with Crippen molar-refractivity contribution < 1.29 is 14.3 Å². The number of nitrogens with one attached hydrogen (secondary N) is 1. The van der Waals surface area contributed by atoms with Crippen LogP contribution < -0.4 is 14.8 Å². The number of carbonyl (C=O) groups excluding carboxylic acids is 1. The number of carbonyl (C=O) groups is 1. The van der Waals surface area contributed by atoms with E-state index in [0.29, 0.717) is 12.2 Å². The van der Waals surface area contributed by atoms with Gasteiger partial charge in [0, 0.05) is 12.0 Å². The van der Waals surface area contributed by atoms with Crippen molar-refractivity contribution in [2.24, 2.45) is 0 Å². The molecule has 0 saturated carbocycles. The van der Waals surface area contributed by atoms with Crippen LogP contribution >= 0.6 is 0 Å². The van der Waals surface area contributed by atoms with E-state index in [1.54, 1.807) is 6.92 Å². The molecule has 1 aliphatic heterocycles. The number of ether oxygens (including phenoxy) is 2. The summed E-state index contributed by atoms with van der Waals surface area (Å²) in [4.78, 5) is 12.7. The SMILES string of the molecule is Cc1cccc(O[C@H](C)C(=O)N[C@@H]2CC(C)(C)Oc3ccc(C)cc32)c1. The first-order valence-corrected chi connectivity index (χ1v) is 9.07. The highest BCUT2D eigenvalue weighted by molar-refractivity contribution is 5.81. The highest BCUT2D eigenvalue weighted by atomic mass is 16.5. The predicted molar refractivity (Wildman–Crippen MR) is 103 cm³/mol. The summed E-state index contributed by atoms with van der Waals surface area (Å²) in [5.74, 6) is 1.42. The second-order valence-electron chi connectivity index (χ2n) is 7.74. The fourth-order valence-corrected chi connectivity index (χ4v) is 3.34. The quantitative estimate of drug-likeness (QED) is 0.881. The summed E-state index contributed by atoms with van der Waals surface area (Å²) < 4.78 is 11.9. The molecule has 4 nitrogen and oxygen atoms in total. The number of fused-ring (bicyclic) bond motifs is 1. The van der Waals surface area contributed by atoms with Crippen LogP contribution in [0.2, 0.25) is 0 Å². The molecule has 0 radical (unpaired) electrons. The fraction of sp³-hybridized carbons (Fsp3) is 0.409. The van der Waals surface area contributed by atoms with Crippen LogP contribution in [-0.4, -0.2) is 17.6 Å². The van der Waals surface area contributed by atoms with Gasteiger partial charge in [0.2, 0.25) is 0 Å². The van der Waals surface area contributed by atoms with E-state index in [1.165, 1.54) is 0 Å². The minimum absolute atomic E-state index is 0.0929. The molecule has 0 aromatic heterocycles. The number of benzene rings is 2. The average molecular weight is 353 g/mol. The Bertz CT molecular complexity index is 813. The lowest BCUT2D eigenvalue weighted by Crippen LogP contribution is -2.44. The van der Waals surface area contributed by atoms with Gasteiger partial charge in [-0.2, -0.15) is 0 Å². The second kappa shape index (κ2) is 7.02. The molecule has 0 spiro atoms. The number of hydrogen-bond acceptors (Lipinski definition) is 3. The third kappa shape index (κ3) is 4.18. The Morgan fingerprint density at radius 3 is 2.65 bits per heavy atom. The Labute approximate surface area is 155 Å². The van der Waals surface area contributed by atoms with E-state index >= 15 is 0 Å². The van der Waals surface area contributed by atoms with Crippen LogP contribution in [-0.2, 0) is 4.79 Å².